The first-order valence-corrected chi connectivity index (χ1v) is 8.94. The number of nitrogens with zero attached hydrogens (tertiary/aromatic N) is 2. The maximum atomic E-state index is 11.1. The molecule has 0 bridgehead atoms. The van der Waals surface area contributed by atoms with Gasteiger partial charge in [-0.05, 0) is 41.9 Å². The molecule has 1 aromatic heterocycles. The summed E-state index contributed by atoms with van der Waals surface area (Å²) < 4.78 is 25.3. The largest absolute Gasteiger partial charge is 0.268 e. The molecule has 6 heteroatoms. The normalized spacial score (nSPS) is 12.0. The molecule has 0 saturated carbocycles. The van der Waals surface area contributed by atoms with Gasteiger partial charge in [-0.3, -0.25) is 4.68 Å². The molecule has 0 atom stereocenters. The third-order valence-electron chi connectivity index (χ3n) is 2.61. The van der Waals surface area contributed by atoms with Crippen LogP contribution in [-0.2, 0) is 29.2 Å². The maximum Gasteiger partial charge on any atom is 0.147 e. The Kier molecular flexibility index (Phi) is 5.43. The fourth-order valence-corrected chi connectivity index (χ4v) is 3.56. The summed E-state index contributed by atoms with van der Waals surface area (Å²) in [6.45, 7) is 4.88. The van der Waals surface area contributed by atoms with Crippen molar-refractivity contribution < 1.29 is 8.42 Å². The number of sulfone groups is 1. The van der Waals surface area contributed by atoms with E-state index in [0.717, 1.165) is 18.5 Å². The fourth-order valence-electron chi connectivity index (χ4n) is 1.75. The van der Waals surface area contributed by atoms with Gasteiger partial charge in [0.15, 0.2) is 0 Å². The van der Waals surface area contributed by atoms with Crippen LogP contribution in [0.25, 0.3) is 0 Å². The van der Waals surface area contributed by atoms with Crippen molar-refractivity contribution in [2.45, 2.75) is 39.7 Å². The van der Waals surface area contributed by atoms with Crippen LogP contribution in [0.5, 0.6) is 0 Å². The van der Waals surface area contributed by atoms with Crippen LogP contribution in [0.1, 0.15) is 31.7 Å². The number of aromatic nitrogens is 2. The van der Waals surface area contributed by atoms with Crippen LogP contribution in [0.4, 0.5) is 0 Å². The zero-order valence-electron chi connectivity index (χ0n) is 10.5. The molecule has 98 valence electrons. The minimum absolute atomic E-state index is 0.230. The molecule has 4 nitrogen and oxygen atoms in total. The van der Waals surface area contributed by atoms with Gasteiger partial charge in [-0.25, -0.2) is 8.42 Å². The summed E-state index contributed by atoms with van der Waals surface area (Å²) in [6, 6.07) is 0. The van der Waals surface area contributed by atoms with Gasteiger partial charge in [0, 0.05) is 12.8 Å². The van der Waals surface area contributed by atoms with Gasteiger partial charge in [0.2, 0.25) is 0 Å². The average Bonchev–Trinajstić information content (AvgIpc) is 2.53. The number of hydrogen-bond donors (Lipinski definition) is 0. The van der Waals surface area contributed by atoms with Crippen LogP contribution < -0.4 is 0 Å². The summed E-state index contributed by atoms with van der Waals surface area (Å²) in [5.74, 6) is 0.230. The second-order valence-electron chi connectivity index (χ2n) is 4.12. The van der Waals surface area contributed by atoms with Gasteiger partial charge in [0.25, 0.3) is 0 Å². The summed E-state index contributed by atoms with van der Waals surface area (Å²) in [4.78, 5) is 0. The van der Waals surface area contributed by atoms with Crippen molar-refractivity contribution in [1.82, 2.24) is 9.78 Å². The van der Waals surface area contributed by atoms with Crippen molar-refractivity contribution in [2.24, 2.45) is 0 Å². The van der Waals surface area contributed by atoms with Gasteiger partial charge in [0.05, 0.1) is 20.7 Å². The van der Waals surface area contributed by atoms with Crippen LogP contribution in [0.15, 0.2) is 0 Å². The monoisotopic (exact) mass is 370 g/mol. The fraction of sp³-hybridized carbons (Fsp3) is 0.727. The zero-order valence-corrected chi connectivity index (χ0v) is 13.5. The van der Waals surface area contributed by atoms with Crippen LogP contribution in [-0.4, -0.2) is 30.2 Å². The highest BCUT2D eigenvalue weighted by Gasteiger charge is 2.13. The lowest BCUT2D eigenvalue weighted by atomic mass is 10.2. The van der Waals surface area contributed by atoms with Gasteiger partial charge in [-0.2, -0.15) is 5.10 Å². The predicted molar refractivity (Wildman–Crippen MR) is 78.0 cm³/mol. The molecular formula is C11H19IN2O2S. The molecule has 1 heterocycles. The Morgan fingerprint density at radius 3 is 2.41 bits per heavy atom. The first kappa shape index (κ1) is 14.9. The van der Waals surface area contributed by atoms with E-state index >= 15 is 0 Å². The lowest BCUT2D eigenvalue weighted by Gasteiger charge is -2.05. The van der Waals surface area contributed by atoms with E-state index in [-0.39, 0.29) is 5.75 Å². The van der Waals surface area contributed by atoms with E-state index < -0.39 is 9.84 Å². The second kappa shape index (κ2) is 6.17. The van der Waals surface area contributed by atoms with Crippen LogP contribution in [0.3, 0.4) is 0 Å². The molecule has 0 aromatic carbocycles. The molecule has 0 aliphatic carbocycles. The van der Waals surface area contributed by atoms with Gasteiger partial charge < -0.3 is 0 Å². The summed E-state index contributed by atoms with van der Waals surface area (Å²) in [7, 11) is -2.87. The first-order valence-electron chi connectivity index (χ1n) is 5.80. The second-order valence-corrected chi connectivity index (χ2v) is 7.46. The standard InChI is InChI=1S/C11H19IN2O2S/c1-4-9-11(12)10(5-2)14(13-9)7-6-8-17(3,15)16/h4-8H2,1-3H3. The van der Waals surface area contributed by atoms with Gasteiger partial charge in [0.1, 0.15) is 9.84 Å². The molecule has 0 saturated heterocycles. The molecule has 0 N–H and O–H groups in total. The van der Waals surface area contributed by atoms with Crippen molar-refractivity contribution in [3.8, 4) is 0 Å². The van der Waals surface area contributed by atoms with Crippen LogP contribution in [0, 0.1) is 3.57 Å². The minimum Gasteiger partial charge on any atom is -0.268 e. The molecule has 1 aromatic rings. The predicted octanol–water partition coefficient (Wildman–Crippen LogP) is 2.05. The lowest BCUT2D eigenvalue weighted by Crippen LogP contribution is -2.10. The van der Waals surface area contributed by atoms with E-state index in [0.29, 0.717) is 13.0 Å². The van der Waals surface area contributed by atoms with Crippen LogP contribution in [0.2, 0.25) is 0 Å². The van der Waals surface area contributed by atoms with E-state index in [2.05, 4.69) is 41.5 Å². The quantitative estimate of drug-likeness (QED) is 0.721. The smallest absolute Gasteiger partial charge is 0.147 e. The molecular weight excluding hydrogens is 351 g/mol. The molecule has 0 amide bonds. The summed E-state index contributed by atoms with van der Waals surface area (Å²) in [5.41, 5.74) is 2.33. The van der Waals surface area contributed by atoms with Crippen molar-refractivity contribution >= 4 is 32.4 Å². The lowest BCUT2D eigenvalue weighted by molar-refractivity contribution is 0.559. The van der Waals surface area contributed by atoms with E-state index in [9.17, 15) is 8.42 Å². The zero-order chi connectivity index (χ0) is 13.1. The third-order valence-corrected chi connectivity index (χ3v) is 4.89. The van der Waals surface area contributed by atoms with Crippen molar-refractivity contribution in [2.75, 3.05) is 12.0 Å². The Bertz CT molecular complexity index is 480. The first-order chi connectivity index (χ1) is 7.89. The molecule has 0 fully saturated rings. The summed E-state index contributed by atoms with van der Waals surface area (Å²) in [5, 5.41) is 4.53. The number of halogens is 1. The third kappa shape index (κ3) is 4.24. The molecule has 0 aliphatic rings. The Labute approximate surface area is 117 Å². The Balaban J connectivity index is 2.77. The van der Waals surface area contributed by atoms with Crippen molar-refractivity contribution in [1.29, 1.82) is 0 Å². The highest BCUT2D eigenvalue weighted by molar-refractivity contribution is 14.1. The number of hydrogen-bond acceptors (Lipinski definition) is 3. The number of rotatable bonds is 6. The van der Waals surface area contributed by atoms with Gasteiger partial charge in [-0.15, -0.1) is 0 Å². The molecule has 0 aliphatic heterocycles. The number of aryl methyl sites for hydroxylation is 2. The molecule has 0 radical (unpaired) electrons. The Hall–Kier alpha value is -0.110. The summed E-state index contributed by atoms with van der Waals surface area (Å²) in [6.07, 6.45) is 3.76. The van der Waals surface area contributed by atoms with E-state index in [1.54, 1.807) is 0 Å². The Morgan fingerprint density at radius 2 is 1.94 bits per heavy atom. The highest BCUT2D eigenvalue weighted by atomic mass is 127. The highest BCUT2D eigenvalue weighted by Crippen LogP contribution is 2.18. The van der Waals surface area contributed by atoms with E-state index in [1.807, 2.05) is 4.68 Å². The molecule has 0 unspecified atom stereocenters. The molecule has 1 rings (SSSR count). The summed E-state index contributed by atoms with van der Waals surface area (Å²) >= 11 is 2.33. The molecule has 17 heavy (non-hydrogen) atoms. The minimum atomic E-state index is -2.87. The van der Waals surface area contributed by atoms with Gasteiger partial charge >= 0.3 is 0 Å². The average molecular weight is 370 g/mol. The van der Waals surface area contributed by atoms with E-state index in [4.69, 9.17) is 0 Å². The van der Waals surface area contributed by atoms with E-state index in [1.165, 1.54) is 15.5 Å². The topological polar surface area (TPSA) is 52.0 Å². The van der Waals surface area contributed by atoms with Gasteiger partial charge in [-0.1, -0.05) is 13.8 Å². The van der Waals surface area contributed by atoms with Crippen LogP contribution >= 0.6 is 22.6 Å². The SMILES string of the molecule is CCc1nn(CCCS(C)(=O)=O)c(CC)c1I. The van der Waals surface area contributed by atoms with Crippen molar-refractivity contribution in [3.63, 3.8) is 0 Å². The molecule has 0 spiro atoms. The maximum absolute atomic E-state index is 11.1. The van der Waals surface area contributed by atoms with Crippen molar-refractivity contribution in [3.05, 3.63) is 15.0 Å². The Morgan fingerprint density at radius 1 is 1.29 bits per heavy atom.